The fourth-order valence-corrected chi connectivity index (χ4v) is 1.54. The van der Waals surface area contributed by atoms with E-state index in [0.717, 1.165) is 10.2 Å². The largest absolute Gasteiger partial charge is 0.465 e. The normalized spacial score (nSPS) is 9.46. The predicted molar refractivity (Wildman–Crippen MR) is 55.0 cm³/mol. The van der Waals surface area contributed by atoms with Crippen LogP contribution in [0.25, 0.3) is 0 Å². The Labute approximate surface area is 85.2 Å². The van der Waals surface area contributed by atoms with E-state index in [4.69, 9.17) is 0 Å². The minimum atomic E-state index is -0.330. The molecular weight excluding hydrogens is 234 g/mol. The molecule has 0 aliphatic rings. The molecule has 1 aromatic rings. The zero-order chi connectivity index (χ0) is 9.84. The van der Waals surface area contributed by atoms with Crippen LogP contribution < -0.4 is 5.32 Å². The highest BCUT2D eigenvalue weighted by Crippen LogP contribution is 2.23. The number of methoxy groups -OCH3 is 1. The van der Waals surface area contributed by atoms with Gasteiger partial charge in [0.1, 0.15) is 0 Å². The van der Waals surface area contributed by atoms with Crippen LogP contribution in [0.3, 0.4) is 0 Å². The maximum atomic E-state index is 11.1. The molecule has 0 bridgehead atoms. The van der Waals surface area contributed by atoms with Crippen LogP contribution in [0.2, 0.25) is 0 Å². The molecule has 0 fully saturated rings. The SMILES string of the molecule is CNc1ccc(C(=O)OC)cc1Br. The molecule has 0 radical (unpaired) electrons. The number of esters is 1. The number of anilines is 1. The summed E-state index contributed by atoms with van der Waals surface area (Å²) in [5, 5.41) is 2.98. The Morgan fingerprint density at radius 1 is 1.54 bits per heavy atom. The van der Waals surface area contributed by atoms with Gasteiger partial charge in [-0.1, -0.05) is 0 Å². The van der Waals surface area contributed by atoms with E-state index < -0.39 is 0 Å². The Morgan fingerprint density at radius 2 is 2.23 bits per heavy atom. The Balaban J connectivity index is 3.02. The van der Waals surface area contributed by atoms with E-state index in [0.29, 0.717) is 5.56 Å². The van der Waals surface area contributed by atoms with E-state index in [-0.39, 0.29) is 5.97 Å². The highest BCUT2D eigenvalue weighted by Gasteiger charge is 2.06. The number of carbonyl (C=O) groups is 1. The first-order valence-electron chi connectivity index (χ1n) is 3.74. The summed E-state index contributed by atoms with van der Waals surface area (Å²) in [6.07, 6.45) is 0. The minimum absolute atomic E-state index is 0.330. The number of carbonyl (C=O) groups excluding carboxylic acids is 1. The highest BCUT2D eigenvalue weighted by molar-refractivity contribution is 9.10. The van der Waals surface area contributed by atoms with Crippen molar-refractivity contribution in [2.75, 3.05) is 19.5 Å². The van der Waals surface area contributed by atoms with Gasteiger partial charge in [-0.25, -0.2) is 4.79 Å². The molecule has 13 heavy (non-hydrogen) atoms. The first-order valence-corrected chi connectivity index (χ1v) is 4.54. The van der Waals surface area contributed by atoms with Crippen molar-refractivity contribution in [3.63, 3.8) is 0 Å². The third-order valence-corrected chi connectivity index (χ3v) is 2.32. The lowest BCUT2D eigenvalue weighted by Gasteiger charge is -2.04. The summed E-state index contributed by atoms with van der Waals surface area (Å²) in [5.41, 5.74) is 1.47. The minimum Gasteiger partial charge on any atom is -0.465 e. The van der Waals surface area contributed by atoms with E-state index in [1.807, 2.05) is 13.1 Å². The van der Waals surface area contributed by atoms with Crippen molar-refractivity contribution in [3.8, 4) is 0 Å². The van der Waals surface area contributed by atoms with Gasteiger partial charge in [-0.15, -0.1) is 0 Å². The lowest BCUT2D eigenvalue weighted by molar-refractivity contribution is 0.0600. The molecule has 0 unspecified atom stereocenters. The van der Waals surface area contributed by atoms with E-state index >= 15 is 0 Å². The van der Waals surface area contributed by atoms with Crippen molar-refractivity contribution >= 4 is 27.6 Å². The van der Waals surface area contributed by atoms with Gasteiger partial charge in [0, 0.05) is 17.2 Å². The summed E-state index contributed by atoms with van der Waals surface area (Å²) < 4.78 is 5.43. The van der Waals surface area contributed by atoms with Crippen molar-refractivity contribution in [3.05, 3.63) is 28.2 Å². The third kappa shape index (κ3) is 2.21. The average Bonchev–Trinajstić information content (AvgIpc) is 2.16. The van der Waals surface area contributed by atoms with Crippen LogP contribution in [0, 0.1) is 0 Å². The summed E-state index contributed by atoms with van der Waals surface area (Å²) >= 11 is 3.33. The van der Waals surface area contributed by atoms with Gasteiger partial charge in [0.25, 0.3) is 0 Å². The molecule has 0 atom stereocenters. The number of nitrogens with one attached hydrogen (secondary N) is 1. The van der Waals surface area contributed by atoms with Crippen LogP contribution in [0.1, 0.15) is 10.4 Å². The lowest BCUT2D eigenvalue weighted by Crippen LogP contribution is -2.01. The highest BCUT2D eigenvalue weighted by atomic mass is 79.9. The number of hydrogen-bond donors (Lipinski definition) is 1. The van der Waals surface area contributed by atoms with Crippen molar-refractivity contribution in [1.82, 2.24) is 0 Å². The van der Waals surface area contributed by atoms with Gasteiger partial charge >= 0.3 is 5.97 Å². The third-order valence-electron chi connectivity index (χ3n) is 1.66. The van der Waals surface area contributed by atoms with Gasteiger partial charge in [-0.05, 0) is 34.1 Å². The Bertz CT molecular complexity index is 325. The zero-order valence-corrected chi connectivity index (χ0v) is 9.01. The topological polar surface area (TPSA) is 38.3 Å². The van der Waals surface area contributed by atoms with Crippen molar-refractivity contribution < 1.29 is 9.53 Å². The van der Waals surface area contributed by atoms with Gasteiger partial charge in [0.2, 0.25) is 0 Å². The van der Waals surface area contributed by atoms with E-state index in [9.17, 15) is 4.79 Å². The number of halogens is 1. The first kappa shape index (κ1) is 10.1. The maximum Gasteiger partial charge on any atom is 0.337 e. The van der Waals surface area contributed by atoms with Gasteiger partial charge < -0.3 is 10.1 Å². The van der Waals surface area contributed by atoms with Gasteiger partial charge in [-0.3, -0.25) is 0 Å². The molecule has 0 aliphatic carbocycles. The molecule has 0 saturated heterocycles. The van der Waals surface area contributed by atoms with E-state index in [1.54, 1.807) is 12.1 Å². The number of hydrogen-bond acceptors (Lipinski definition) is 3. The fourth-order valence-electron chi connectivity index (χ4n) is 0.963. The number of ether oxygens (including phenoxy) is 1. The summed E-state index contributed by atoms with van der Waals surface area (Å²) in [6, 6.07) is 5.25. The standard InChI is InChI=1S/C9H10BrNO2/c1-11-8-4-3-6(5-7(8)10)9(12)13-2/h3-5,11H,1-2H3. The van der Waals surface area contributed by atoms with Gasteiger partial charge in [0.05, 0.1) is 12.7 Å². The van der Waals surface area contributed by atoms with Gasteiger partial charge in [-0.2, -0.15) is 0 Å². The van der Waals surface area contributed by atoms with Crippen molar-refractivity contribution in [1.29, 1.82) is 0 Å². The molecule has 1 aromatic carbocycles. The molecule has 70 valence electrons. The fraction of sp³-hybridized carbons (Fsp3) is 0.222. The second-order valence-electron chi connectivity index (χ2n) is 2.44. The van der Waals surface area contributed by atoms with Crippen LogP contribution in [0.4, 0.5) is 5.69 Å². The molecule has 1 N–H and O–H groups in total. The number of benzene rings is 1. The molecule has 0 aliphatic heterocycles. The van der Waals surface area contributed by atoms with Gasteiger partial charge in [0.15, 0.2) is 0 Å². The van der Waals surface area contributed by atoms with E-state index in [2.05, 4.69) is 26.0 Å². The quantitative estimate of drug-likeness (QED) is 0.811. The second kappa shape index (κ2) is 4.28. The van der Waals surface area contributed by atoms with E-state index in [1.165, 1.54) is 7.11 Å². The van der Waals surface area contributed by atoms with Crippen LogP contribution >= 0.6 is 15.9 Å². The van der Waals surface area contributed by atoms with Crippen molar-refractivity contribution in [2.45, 2.75) is 0 Å². The number of rotatable bonds is 2. The first-order chi connectivity index (χ1) is 6.19. The second-order valence-corrected chi connectivity index (χ2v) is 3.29. The molecule has 0 saturated carbocycles. The molecule has 3 nitrogen and oxygen atoms in total. The van der Waals surface area contributed by atoms with Crippen molar-refractivity contribution in [2.24, 2.45) is 0 Å². The Kier molecular flexibility index (Phi) is 3.31. The molecular formula is C9H10BrNO2. The zero-order valence-electron chi connectivity index (χ0n) is 7.43. The molecule has 0 aromatic heterocycles. The summed E-state index contributed by atoms with van der Waals surface area (Å²) in [5.74, 6) is -0.330. The average molecular weight is 244 g/mol. The molecule has 4 heteroatoms. The predicted octanol–water partition coefficient (Wildman–Crippen LogP) is 2.28. The summed E-state index contributed by atoms with van der Waals surface area (Å²) in [7, 11) is 3.18. The smallest absolute Gasteiger partial charge is 0.337 e. The molecule has 0 spiro atoms. The monoisotopic (exact) mass is 243 g/mol. The Morgan fingerprint density at radius 3 is 2.69 bits per heavy atom. The summed E-state index contributed by atoms with van der Waals surface area (Å²) in [6.45, 7) is 0. The summed E-state index contributed by atoms with van der Waals surface area (Å²) in [4.78, 5) is 11.1. The molecule has 1 rings (SSSR count). The Hall–Kier alpha value is -1.03. The molecule has 0 amide bonds. The van der Waals surface area contributed by atoms with Crippen LogP contribution in [-0.2, 0) is 4.74 Å². The van der Waals surface area contributed by atoms with Crippen LogP contribution in [0.5, 0.6) is 0 Å². The maximum absolute atomic E-state index is 11.1. The lowest BCUT2D eigenvalue weighted by atomic mass is 10.2. The van der Waals surface area contributed by atoms with Crippen LogP contribution in [-0.4, -0.2) is 20.1 Å². The van der Waals surface area contributed by atoms with Crippen LogP contribution in [0.15, 0.2) is 22.7 Å². The molecule has 0 heterocycles.